The van der Waals surface area contributed by atoms with Crippen LogP contribution in [0.25, 0.3) is 10.9 Å². The molecule has 1 aliphatic rings. The van der Waals surface area contributed by atoms with Crippen molar-refractivity contribution in [3.63, 3.8) is 0 Å². The average Bonchev–Trinajstić information content (AvgIpc) is 2.90. The van der Waals surface area contributed by atoms with E-state index in [0.29, 0.717) is 31.7 Å². The van der Waals surface area contributed by atoms with Crippen LogP contribution >= 0.6 is 0 Å². The fourth-order valence-electron chi connectivity index (χ4n) is 3.10. The number of hydrogen-bond acceptors (Lipinski definition) is 3. The Morgan fingerprint density at radius 2 is 1.60 bits per heavy atom. The van der Waals surface area contributed by atoms with Crippen LogP contribution in [-0.4, -0.2) is 58.1 Å². The summed E-state index contributed by atoms with van der Waals surface area (Å²) in [4.78, 5) is 28.5. The smallest absolute Gasteiger partial charge is 0.410 e. The van der Waals surface area contributed by atoms with Crippen molar-refractivity contribution < 1.29 is 14.3 Å². The van der Waals surface area contributed by atoms with Crippen LogP contribution in [0.15, 0.2) is 30.5 Å². The molecule has 0 atom stereocenters. The molecule has 25 heavy (non-hydrogen) atoms. The zero-order valence-electron chi connectivity index (χ0n) is 15.3. The minimum atomic E-state index is -0.507. The lowest BCUT2D eigenvalue weighted by Gasteiger charge is -2.35. The number of piperazine rings is 1. The van der Waals surface area contributed by atoms with E-state index in [0.717, 1.165) is 10.9 Å². The Hall–Kier alpha value is -2.50. The van der Waals surface area contributed by atoms with Crippen molar-refractivity contribution in [2.75, 3.05) is 26.2 Å². The van der Waals surface area contributed by atoms with Gasteiger partial charge in [0.1, 0.15) is 5.60 Å². The third-order valence-corrected chi connectivity index (χ3v) is 4.35. The van der Waals surface area contributed by atoms with Crippen molar-refractivity contribution >= 4 is 22.9 Å². The van der Waals surface area contributed by atoms with Crippen LogP contribution in [0.3, 0.4) is 0 Å². The Morgan fingerprint density at radius 1 is 1.00 bits per heavy atom. The molecule has 2 amide bonds. The van der Waals surface area contributed by atoms with E-state index < -0.39 is 5.60 Å². The number of nitrogens with zero attached hydrogens (tertiary/aromatic N) is 3. The molecule has 0 N–H and O–H groups in total. The Balaban J connectivity index is 1.68. The van der Waals surface area contributed by atoms with Gasteiger partial charge in [0.15, 0.2) is 0 Å². The quantitative estimate of drug-likeness (QED) is 0.800. The van der Waals surface area contributed by atoms with E-state index in [9.17, 15) is 9.59 Å². The zero-order chi connectivity index (χ0) is 18.2. The van der Waals surface area contributed by atoms with Crippen molar-refractivity contribution in [3.8, 4) is 0 Å². The second kappa shape index (κ2) is 6.43. The first-order valence-electron chi connectivity index (χ1n) is 8.57. The molecule has 3 rings (SSSR count). The lowest BCUT2D eigenvalue weighted by Crippen LogP contribution is -2.51. The highest BCUT2D eigenvalue weighted by Gasteiger charge is 2.29. The molecule has 0 unspecified atom stereocenters. The highest BCUT2D eigenvalue weighted by molar-refractivity contribution is 6.07. The van der Waals surface area contributed by atoms with E-state index in [4.69, 9.17) is 4.74 Å². The number of rotatable bonds is 1. The number of aromatic nitrogens is 1. The molecule has 134 valence electrons. The van der Waals surface area contributed by atoms with Crippen LogP contribution in [-0.2, 0) is 11.8 Å². The molecule has 1 fully saturated rings. The van der Waals surface area contributed by atoms with Gasteiger partial charge in [0.2, 0.25) is 0 Å². The van der Waals surface area contributed by atoms with E-state index in [-0.39, 0.29) is 12.0 Å². The van der Waals surface area contributed by atoms with Crippen molar-refractivity contribution in [2.24, 2.45) is 7.05 Å². The van der Waals surface area contributed by atoms with Gasteiger partial charge in [0, 0.05) is 50.3 Å². The largest absolute Gasteiger partial charge is 0.444 e. The maximum atomic E-state index is 12.9. The normalized spacial score (nSPS) is 15.5. The summed E-state index contributed by atoms with van der Waals surface area (Å²) in [5, 5.41) is 0.963. The lowest BCUT2D eigenvalue weighted by atomic mass is 10.1. The molecule has 0 bridgehead atoms. The van der Waals surface area contributed by atoms with Crippen LogP contribution in [0.4, 0.5) is 4.79 Å². The second-order valence-electron chi connectivity index (χ2n) is 7.43. The van der Waals surface area contributed by atoms with Crippen LogP contribution < -0.4 is 0 Å². The molecule has 2 heterocycles. The Kier molecular flexibility index (Phi) is 4.45. The van der Waals surface area contributed by atoms with Crippen LogP contribution in [0.5, 0.6) is 0 Å². The fraction of sp³-hybridized carbons (Fsp3) is 0.474. The molecule has 0 saturated carbocycles. The summed E-state index contributed by atoms with van der Waals surface area (Å²) in [7, 11) is 1.94. The maximum absolute atomic E-state index is 12.9. The summed E-state index contributed by atoms with van der Waals surface area (Å²) in [6.07, 6.45) is 1.57. The third-order valence-electron chi connectivity index (χ3n) is 4.35. The van der Waals surface area contributed by atoms with Crippen molar-refractivity contribution in [1.82, 2.24) is 14.4 Å². The number of carbonyl (C=O) groups is 2. The first kappa shape index (κ1) is 17.3. The predicted molar refractivity (Wildman–Crippen MR) is 96.6 cm³/mol. The summed E-state index contributed by atoms with van der Waals surface area (Å²) in [5.74, 6) is 0.0145. The van der Waals surface area contributed by atoms with Gasteiger partial charge in [-0.05, 0) is 26.8 Å². The summed E-state index contributed by atoms with van der Waals surface area (Å²) >= 11 is 0. The van der Waals surface area contributed by atoms with Crippen LogP contribution in [0.1, 0.15) is 31.1 Å². The molecule has 1 aromatic carbocycles. The molecule has 1 aliphatic heterocycles. The monoisotopic (exact) mass is 343 g/mol. The van der Waals surface area contributed by atoms with E-state index in [2.05, 4.69) is 0 Å². The lowest BCUT2D eigenvalue weighted by molar-refractivity contribution is 0.0141. The van der Waals surface area contributed by atoms with Gasteiger partial charge in [-0.25, -0.2) is 4.79 Å². The molecule has 6 heteroatoms. The van der Waals surface area contributed by atoms with Gasteiger partial charge in [0.05, 0.1) is 5.56 Å². The zero-order valence-corrected chi connectivity index (χ0v) is 15.3. The number of amides is 2. The average molecular weight is 343 g/mol. The van der Waals surface area contributed by atoms with Crippen molar-refractivity contribution in [2.45, 2.75) is 26.4 Å². The number of aryl methyl sites for hydroxylation is 1. The second-order valence-corrected chi connectivity index (χ2v) is 7.43. The highest BCUT2D eigenvalue weighted by Crippen LogP contribution is 2.22. The summed E-state index contributed by atoms with van der Waals surface area (Å²) in [6, 6.07) is 7.89. The molecule has 1 saturated heterocycles. The fourth-order valence-corrected chi connectivity index (χ4v) is 3.10. The number of fused-ring (bicyclic) bond motifs is 1. The number of para-hydroxylation sites is 1. The highest BCUT2D eigenvalue weighted by atomic mass is 16.6. The predicted octanol–water partition coefficient (Wildman–Crippen LogP) is 2.87. The topological polar surface area (TPSA) is 54.8 Å². The molecular weight excluding hydrogens is 318 g/mol. The van der Waals surface area contributed by atoms with Gasteiger partial charge >= 0.3 is 6.09 Å². The maximum Gasteiger partial charge on any atom is 0.410 e. The van der Waals surface area contributed by atoms with E-state index in [1.807, 2.05) is 67.7 Å². The van der Waals surface area contributed by atoms with Crippen LogP contribution in [0.2, 0.25) is 0 Å². The SMILES string of the molecule is Cn1cc(C(=O)N2CCN(C(=O)OC(C)(C)C)CC2)c2ccccc21. The number of benzene rings is 1. The summed E-state index contributed by atoms with van der Waals surface area (Å²) in [5.41, 5.74) is 1.24. The van der Waals surface area contributed by atoms with E-state index in [1.54, 1.807) is 4.90 Å². The Labute approximate surface area is 147 Å². The van der Waals surface area contributed by atoms with Gasteiger partial charge < -0.3 is 19.1 Å². The molecule has 0 spiro atoms. The Bertz CT molecular complexity index is 796. The minimum Gasteiger partial charge on any atom is -0.444 e. The summed E-state index contributed by atoms with van der Waals surface area (Å²) in [6.45, 7) is 7.57. The Morgan fingerprint density at radius 3 is 2.24 bits per heavy atom. The van der Waals surface area contributed by atoms with Crippen LogP contribution in [0, 0.1) is 0 Å². The molecule has 0 aliphatic carbocycles. The summed E-state index contributed by atoms with van der Waals surface area (Å²) < 4.78 is 7.37. The molecule has 6 nitrogen and oxygen atoms in total. The molecule has 2 aromatic rings. The third kappa shape index (κ3) is 3.62. The van der Waals surface area contributed by atoms with Gasteiger partial charge in [-0.1, -0.05) is 18.2 Å². The van der Waals surface area contributed by atoms with Gasteiger partial charge in [-0.15, -0.1) is 0 Å². The first-order chi connectivity index (χ1) is 11.8. The minimum absolute atomic E-state index is 0.0145. The van der Waals surface area contributed by atoms with E-state index in [1.165, 1.54) is 0 Å². The van der Waals surface area contributed by atoms with Gasteiger partial charge in [-0.3, -0.25) is 4.79 Å². The molecule has 1 aromatic heterocycles. The van der Waals surface area contributed by atoms with Gasteiger partial charge in [0.25, 0.3) is 5.91 Å². The first-order valence-corrected chi connectivity index (χ1v) is 8.57. The number of hydrogen-bond donors (Lipinski definition) is 0. The van der Waals surface area contributed by atoms with Crippen molar-refractivity contribution in [3.05, 3.63) is 36.0 Å². The van der Waals surface area contributed by atoms with Gasteiger partial charge in [-0.2, -0.15) is 0 Å². The number of carbonyl (C=O) groups excluding carboxylic acids is 2. The van der Waals surface area contributed by atoms with Crippen molar-refractivity contribution in [1.29, 1.82) is 0 Å². The van der Waals surface area contributed by atoms with E-state index >= 15 is 0 Å². The number of ether oxygens (including phenoxy) is 1. The molecule has 0 radical (unpaired) electrons. The standard InChI is InChI=1S/C19H25N3O3/c1-19(2,3)25-18(24)22-11-9-21(10-12-22)17(23)15-13-20(4)16-8-6-5-7-14(15)16/h5-8,13H,9-12H2,1-4H3. The molecular formula is C19H25N3O3.